The van der Waals surface area contributed by atoms with Gasteiger partial charge in [0.25, 0.3) is 0 Å². The van der Waals surface area contributed by atoms with Crippen LogP contribution in [-0.2, 0) is 0 Å². The summed E-state index contributed by atoms with van der Waals surface area (Å²) < 4.78 is 37.2. The highest BCUT2D eigenvalue weighted by Gasteiger charge is 2.09. The molecule has 0 saturated heterocycles. The number of furan rings is 1. The van der Waals surface area contributed by atoms with Gasteiger partial charge in [0, 0.05) is 26.3 Å². The molecule has 0 aliphatic rings. The fourth-order valence-electron chi connectivity index (χ4n) is 1.50. The Balaban J connectivity index is 2.66. The average molecular weight is 286 g/mol. The maximum absolute atomic E-state index is 7.89. The van der Waals surface area contributed by atoms with E-state index in [0.717, 1.165) is 0 Å². The molecule has 3 rings (SSSR count). The van der Waals surface area contributed by atoms with Gasteiger partial charge in [0.05, 0.1) is 5.48 Å². The number of halogens is 2. The zero-order chi connectivity index (χ0) is 13.9. The largest absolute Gasteiger partial charge is 0.456 e. The molecule has 0 unspecified atom stereocenters. The van der Waals surface area contributed by atoms with Crippen molar-refractivity contribution < 1.29 is 9.90 Å². The van der Waals surface area contributed by atoms with Crippen LogP contribution < -0.4 is 0 Å². The number of hydrogen-bond donors (Lipinski definition) is 0. The highest BCUT2D eigenvalue weighted by molar-refractivity contribution is 9.10. The highest BCUT2D eigenvalue weighted by Crippen LogP contribution is 2.34. The van der Waals surface area contributed by atoms with Gasteiger partial charge in [0.1, 0.15) is 11.2 Å². The summed E-state index contributed by atoms with van der Waals surface area (Å²) in [7, 11) is 0. The van der Waals surface area contributed by atoms with E-state index in [-0.39, 0.29) is 40.4 Å². The molecule has 74 valence electrons. The molecule has 1 aromatic heterocycles. The molecule has 0 spiro atoms. The van der Waals surface area contributed by atoms with E-state index in [1.54, 1.807) is 0 Å². The summed E-state index contributed by atoms with van der Waals surface area (Å²) in [6.45, 7) is 0. The van der Waals surface area contributed by atoms with E-state index in [4.69, 9.17) is 21.5 Å². The highest BCUT2D eigenvalue weighted by atomic mass is 79.9. The smallest absolute Gasteiger partial charge is 0.136 e. The normalized spacial score (nSPS) is 15.1. The second kappa shape index (κ2) is 3.26. The lowest BCUT2D eigenvalue weighted by Gasteiger charge is -1.92. The molecule has 1 heterocycles. The first-order chi connectivity index (χ1) is 8.91. The molecular formula is C12H6BrClO. The first kappa shape index (κ1) is 5.92. The SMILES string of the molecule is [2H]c1cc2c(oc3c([2H])cc([2H])c(Br)c32)c([2H])c1Cl. The van der Waals surface area contributed by atoms with Gasteiger partial charge >= 0.3 is 0 Å². The second-order valence-electron chi connectivity index (χ2n) is 3.02. The molecule has 0 saturated carbocycles. The van der Waals surface area contributed by atoms with Gasteiger partial charge in [0.15, 0.2) is 0 Å². The zero-order valence-corrected chi connectivity index (χ0v) is 9.66. The zero-order valence-electron chi connectivity index (χ0n) is 11.3. The summed E-state index contributed by atoms with van der Waals surface area (Å²) in [5.41, 5.74) is 0.517. The van der Waals surface area contributed by atoms with E-state index < -0.39 is 0 Å². The summed E-state index contributed by atoms with van der Waals surface area (Å²) in [5.74, 6) is 0. The summed E-state index contributed by atoms with van der Waals surface area (Å²) >= 11 is 9.16. The molecule has 2 aromatic carbocycles. The fraction of sp³-hybridized carbons (Fsp3) is 0. The lowest BCUT2D eigenvalue weighted by molar-refractivity contribution is 0.669. The predicted molar refractivity (Wildman–Crippen MR) is 66.4 cm³/mol. The standard InChI is InChI=1S/C12H6BrClO/c13-9-2-1-3-10-12(9)8-5-4-7(14)6-11(8)15-10/h1-6H/i2D,3D,4D,6D. The lowest BCUT2D eigenvalue weighted by Crippen LogP contribution is -1.68. The summed E-state index contributed by atoms with van der Waals surface area (Å²) in [5, 5.41) is 1.07. The third kappa shape index (κ3) is 1.36. The van der Waals surface area contributed by atoms with Crippen molar-refractivity contribution in [1.82, 2.24) is 0 Å². The van der Waals surface area contributed by atoms with Crippen molar-refractivity contribution in [2.24, 2.45) is 0 Å². The molecule has 1 nitrogen and oxygen atoms in total. The van der Waals surface area contributed by atoms with Crippen molar-refractivity contribution >= 4 is 49.5 Å². The fourth-order valence-corrected chi connectivity index (χ4v) is 2.15. The maximum Gasteiger partial charge on any atom is 0.136 e. The number of fused-ring (bicyclic) bond motifs is 3. The van der Waals surface area contributed by atoms with Crippen molar-refractivity contribution in [2.75, 3.05) is 0 Å². The minimum Gasteiger partial charge on any atom is -0.456 e. The molecule has 0 fully saturated rings. The minimum atomic E-state index is -0.0711. The Morgan fingerprint density at radius 1 is 1.27 bits per heavy atom. The molecule has 3 heteroatoms. The van der Waals surface area contributed by atoms with E-state index in [2.05, 4.69) is 15.9 Å². The monoisotopic (exact) mass is 284 g/mol. The predicted octanol–water partition coefficient (Wildman–Crippen LogP) is 5.00. The Labute approximate surface area is 105 Å². The van der Waals surface area contributed by atoms with Crippen LogP contribution >= 0.6 is 27.5 Å². The Morgan fingerprint density at radius 2 is 2.13 bits per heavy atom. The lowest BCUT2D eigenvalue weighted by atomic mass is 10.1. The molecular weight excluding hydrogens is 275 g/mol. The third-order valence-corrected chi connectivity index (χ3v) is 2.96. The summed E-state index contributed by atoms with van der Waals surface area (Å²) in [6.07, 6.45) is 0. The summed E-state index contributed by atoms with van der Waals surface area (Å²) in [6, 6.07) is 3.04. The third-order valence-electron chi connectivity index (χ3n) is 2.13. The molecule has 3 aromatic rings. The van der Waals surface area contributed by atoms with Crippen LogP contribution in [0.2, 0.25) is 5.02 Å². The van der Waals surface area contributed by atoms with Crippen molar-refractivity contribution in [3.8, 4) is 0 Å². The number of rotatable bonds is 0. The van der Waals surface area contributed by atoms with Crippen molar-refractivity contribution in [3.05, 3.63) is 45.8 Å². The maximum atomic E-state index is 7.89. The first-order valence-electron chi connectivity index (χ1n) is 6.19. The molecule has 0 N–H and O–H groups in total. The van der Waals surface area contributed by atoms with Gasteiger partial charge in [-0.25, -0.2) is 0 Å². The molecule has 0 aliphatic heterocycles. The Morgan fingerprint density at radius 3 is 3.00 bits per heavy atom. The van der Waals surface area contributed by atoms with E-state index in [1.807, 2.05) is 0 Å². The Kier molecular flexibility index (Phi) is 1.29. The number of hydrogen-bond acceptors (Lipinski definition) is 1. The van der Waals surface area contributed by atoms with E-state index in [1.165, 1.54) is 12.1 Å². The van der Waals surface area contributed by atoms with Crippen molar-refractivity contribution in [3.63, 3.8) is 0 Å². The van der Waals surface area contributed by atoms with Gasteiger partial charge in [-0.2, -0.15) is 0 Å². The number of benzene rings is 2. The van der Waals surface area contributed by atoms with Crippen LogP contribution in [0.15, 0.2) is 45.2 Å². The van der Waals surface area contributed by atoms with Crippen molar-refractivity contribution in [1.29, 1.82) is 0 Å². The van der Waals surface area contributed by atoms with Gasteiger partial charge in [-0.1, -0.05) is 33.6 Å². The van der Waals surface area contributed by atoms with Gasteiger partial charge in [-0.3, -0.25) is 0 Å². The molecule has 0 amide bonds. The van der Waals surface area contributed by atoms with E-state index >= 15 is 0 Å². The van der Waals surface area contributed by atoms with Crippen molar-refractivity contribution in [2.45, 2.75) is 0 Å². The van der Waals surface area contributed by atoms with Crippen LogP contribution in [0.4, 0.5) is 0 Å². The minimum absolute atomic E-state index is 0.0142. The van der Waals surface area contributed by atoms with Crippen LogP contribution in [0.25, 0.3) is 21.9 Å². The quantitative estimate of drug-likeness (QED) is 0.566. The second-order valence-corrected chi connectivity index (χ2v) is 4.19. The Hall–Kier alpha value is -0.990. The topological polar surface area (TPSA) is 13.1 Å². The van der Waals surface area contributed by atoms with Gasteiger partial charge in [0.2, 0.25) is 0 Å². The van der Waals surface area contributed by atoms with Gasteiger partial charge < -0.3 is 4.42 Å². The molecule has 0 bridgehead atoms. The van der Waals surface area contributed by atoms with Crippen LogP contribution in [0.1, 0.15) is 5.48 Å². The Bertz CT molecular complexity index is 843. The van der Waals surface area contributed by atoms with E-state index in [0.29, 0.717) is 15.2 Å². The molecule has 0 atom stereocenters. The van der Waals surface area contributed by atoms with Crippen LogP contribution in [0, 0.1) is 0 Å². The molecule has 15 heavy (non-hydrogen) atoms. The first-order valence-corrected chi connectivity index (χ1v) is 5.36. The summed E-state index contributed by atoms with van der Waals surface area (Å²) in [4.78, 5) is 0. The van der Waals surface area contributed by atoms with Crippen LogP contribution in [0.3, 0.4) is 0 Å². The van der Waals surface area contributed by atoms with E-state index in [9.17, 15) is 0 Å². The van der Waals surface area contributed by atoms with Crippen LogP contribution in [0.5, 0.6) is 0 Å². The molecule has 0 aliphatic carbocycles. The van der Waals surface area contributed by atoms with Gasteiger partial charge in [-0.05, 0) is 24.2 Å². The van der Waals surface area contributed by atoms with Crippen LogP contribution in [-0.4, -0.2) is 0 Å². The van der Waals surface area contributed by atoms with Gasteiger partial charge in [-0.15, -0.1) is 0 Å². The molecule has 0 radical (unpaired) electrons. The average Bonchev–Trinajstić information content (AvgIpc) is 2.73.